The summed E-state index contributed by atoms with van der Waals surface area (Å²) in [5, 5.41) is 102. The minimum absolute atomic E-state index is 0.103. The van der Waals surface area contributed by atoms with E-state index in [1.807, 2.05) is 0 Å². The molecule has 68 heavy (non-hydrogen) atoms. The van der Waals surface area contributed by atoms with Gasteiger partial charge >= 0.3 is 23.9 Å². The maximum atomic E-state index is 13.9. The van der Waals surface area contributed by atoms with Crippen LogP contribution >= 0.6 is 0 Å². The molecule has 24 nitrogen and oxygen atoms in total. The molecule has 5 rings (SSSR count). The highest BCUT2D eigenvalue weighted by Gasteiger charge is 2.51. The Kier molecular flexibility index (Phi) is 19.9. The van der Waals surface area contributed by atoms with Crippen LogP contribution in [0.2, 0.25) is 0 Å². The van der Waals surface area contributed by atoms with Gasteiger partial charge in [0.05, 0.1) is 70.6 Å². The van der Waals surface area contributed by atoms with Crippen molar-refractivity contribution in [1.82, 2.24) is 0 Å². The van der Waals surface area contributed by atoms with Crippen molar-refractivity contribution in [2.75, 3.05) is 47.3 Å². The van der Waals surface area contributed by atoms with E-state index in [1.54, 1.807) is 13.8 Å². The first kappa shape index (κ1) is 54.8. The van der Waals surface area contributed by atoms with Crippen LogP contribution in [-0.4, -0.2) is 202 Å². The summed E-state index contributed by atoms with van der Waals surface area (Å²) >= 11 is 0. The molecule has 0 aromatic carbocycles. The van der Waals surface area contributed by atoms with E-state index in [4.69, 9.17) is 47.4 Å². The number of carbonyl (C=O) groups excluding carboxylic acids is 4. The van der Waals surface area contributed by atoms with Gasteiger partial charge in [0.2, 0.25) is 12.6 Å². The van der Waals surface area contributed by atoms with E-state index in [0.717, 1.165) is 26.7 Å². The predicted octanol–water partition coefficient (Wildman–Crippen LogP) is -3.47. The van der Waals surface area contributed by atoms with Crippen LogP contribution in [0.15, 0.2) is 48.0 Å². The van der Waals surface area contributed by atoms with Gasteiger partial charge in [-0.2, -0.15) is 0 Å². The number of aliphatic hydroxyl groups excluding tert-OH is 10. The zero-order valence-electron chi connectivity index (χ0n) is 37.9. The molecule has 0 aromatic heterocycles. The second-order valence-corrected chi connectivity index (χ2v) is 17.2. The summed E-state index contributed by atoms with van der Waals surface area (Å²) < 4.78 is 55.5. The second-order valence-electron chi connectivity index (χ2n) is 17.2. The molecule has 0 aromatic rings. The van der Waals surface area contributed by atoms with E-state index >= 15 is 0 Å². The minimum atomic E-state index is -1.80. The van der Waals surface area contributed by atoms with Crippen LogP contribution < -0.4 is 0 Å². The maximum absolute atomic E-state index is 13.9. The topological polar surface area (TPSA) is 363 Å². The molecule has 1 aliphatic carbocycles. The second kappa shape index (κ2) is 24.6. The molecule has 3 fully saturated rings. The quantitative estimate of drug-likeness (QED) is 0.0342. The van der Waals surface area contributed by atoms with E-state index in [2.05, 4.69) is 6.58 Å². The van der Waals surface area contributed by atoms with E-state index in [0.29, 0.717) is 0 Å². The molecular weight excluding hydrogens is 912 g/mol. The summed E-state index contributed by atoms with van der Waals surface area (Å²) in [7, 11) is 2.23. The zero-order chi connectivity index (χ0) is 50.1. The first-order valence-corrected chi connectivity index (χ1v) is 22.1. The van der Waals surface area contributed by atoms with Crippen LogP contribution in [-0.2, 0) is 66.5 Å². The van der Waals surface area contributed by atoms with Gasteiger partial charge in [-0.15, -0.1) is 6.58 Å². The Labute approximate surface area is 390 Å². The van der Waals surface area contributed by atoms with Crippen LogP contribution in [0.1, 0.15) is 33.1 Å². The summed E-state index contributed by atoms with van der Waals surface area (Å²) in [6.07, 6.45) is -16.1. The number of methoxy groups -OCH3 is 2. The Morgan fingerprint density at radius 3 is 1.84 bits per heavy atom. The first-order valence-electron chi connectivity index (χ1n) is 22.1. The molecule has 0 spiro atoms. The summed E-state index contributed by atoms with van der Waals surface area (Å²) in [6, 6.07) is 0. The molecule has 0 unspecified atom stereocenters. The van der Waals surface area contributed by atoms with Crippen molar-refractivity contribution in [1.29, 1.82) is 0 Å². The molecular formula is C44H64O24. The van der Waals surface area contributed by atoms with Crippen molar-refractivity contribution < 1.29 is 118 Å². The molecule has 10 N–H and O–H groups in total. The molecule has 1 saturated carbocycles. The smallest absolute Gasteiger partial charge is 0.337 e. The number of rotatable bonds is 19. The summed E-state index contributed by atoms with van der Waals surface area (Å²) in [5.41, 5.74) is -0.0239. The number of aliphatic hydroxyl groups is 10. The zero-order valence-corrected chi connectivity index (χ0v) is 37.9. The molecule has 0 bridgehead atoms. The molecule has 0 radical (unpaired) electrons. The van der Waals surface area contributed by atoms with Crippen molar-refractivity contribution in [2.24, 2.45) is 41.4 Å². The Hall–Kier alpha value is -4.12. The fraction of sp³-hybridized carbons (Fsp3) is 0.727. The van der Waals surface area contributed by atoms with Gasteiger partial charge in [0.25, 0.3) is 0 Å². The largest absolute Gasteiger partial charge is 0.471 e. The van der Waals surface area contributed by atoms with Crippen molar-refractivity contribution in [3.63, 3.8) is 0 Å². The van der Waals surface area contributed by atoms with E-state index < -0.39 is 185 Å². The van der Waals surface area contributed by atoms with Gasteiger partial charge in [0.1, 0.15) is 54.9 Å². The lowest BCUT2D eigenvalue weighted by Gasteiger charge is -2.42. The molecule has 5 aliphatic rings. The Morgan fingerprint density at radius 2 is 1.31 bits per heavy atom. The van der Waals surface area contributed by atoms with Gasteiger partial charge in [0.15, 0.2) is 12.6 Å². The van der Waals surface area contributed by atoms with Crippen LogP contribution in [0.5, 0.6) is 0 Å². The van der Waals surface area contributed by atoms with Gasteiger partial charge in [-0.3, -0.25) is 9.59 Å². The summed E-state index contributed by atoms with van der Waals surface area (Å²) in [5.74, 6) is -9.01. The van der Waals surface area contributed by atoms with Gasteiger partial charge in [-0.05, 0) is 25.2 Å². The maximum Gasteiger partial charge on any atom is 0.337 e. The molecule has 0 amide bonds. The van der Waals surface area contributed by atoms with Crippen molar-refractivity contribution in [3.05, 3.63) is 48.0 Å². The fourth-order valence-corrected chi connectivity index (χ4v) is 9.35. The first-order chi connectivity index (χ1) is 32.4. The molecule has 4 aliphatic heterocycles. The van der Waals surface area contributed by atoms with Crippen molar-refractivity contribution in [3.8, 4) is 0 Å². The van der Waals surface area contributed by atoms with Crippen LogP contribution in [0.25, 0.3) is 0 Å². The monoisotopic (exact) mass is 976 g/mol. The molecule has 384 valence electrons. The Bertz CT molecular complexity index is 1830. The number of ether oxygens (including phenoxy) is 10. The standard InChI is InChI=1S/C44H64O24/c1-6-20-23(26(39(57)59-4)16-62-41(20)67-43-37(55)35(53)33(51)29(13-47)65-43)9-31(49)61-15-25-18(3)28(8-22(25)19(11-45)12-46)64-32(50)10-24-21(7-2)42(63-17-27(24)40(58)60-5)68-44-38(56)36(54)34(52)30(14-48)66-44/h6-7,16-20,22-25,28-30,33-38,41-48,51-56H,1,8-15H2,2-5H3/b21-7+/t18-,20+,22+,23+,24+,25-,28-,29+,30-,33+,34-,35-,36+,37+,38-,41-,42-,43-,44+/m1/s1. The lowest BCUT2D eigenvalue weighted by Crippen LogP contribution is -2.60. The molecule has 2 saturated heterocycles. The highest BCUT2D eigenvalue weighted by molar-refractivity contribution is 5.91. The Balaban J connectivity index is 1.29. The third-order valence-corrected chi connectivity index (χ3v) is 13.4. The van der Waals surface area contributed by atoms with Gasteiger partial charge in [-0.25, -0.2) is 9.59 Å². The van der Waals surface area contributed by atoms with E-state index in [9.17, 15) is 70.2 Å². The third-order valence-electron chi connectivity index (χ3n) is 13.4. The average Bonchev–Trinajstić information content (AvgIpc) is 3.63. The van der Waals surface area contributed by atoms with Crippen LogP contribution in [0.4, 0.5) is 0 Å². The predicted molar refractivity (Wildman–Crippen MR) is 223 cm³/mol. The number of carbonyl (C=O) groups is 4. The summed E-state index contributed by atoms with van der Waals surface area (Å²) in [6.45, 7) is 4.37. The van der Waals surface area contributed by atoms with Crippen LogP contribution in [0.3, 0.4) is 0 Å². The number of esters is 4. The Morgan fingerprint density at radius 1 is 0.750 bits per heavy atom. The van der Waals surface area contributed by atoms with E-state index in [1.165, 1.54) is 12.2 Å². The highest BCUT2D eigenvalue weighted by Crippen LogP contribution is 2.45. The highest BCUT2D eigenvalue weighted by atomic mass is 16.8. The normalized spacial score (nSPS) is 38.9. The van der Waals surface area contributed by atoms with Gasteiger partial charge < -0.3 is 98.4 Å². The van der Waals surface area contributed by atoms with Gasteiger partial charge in [0, 0.05) is 48.4 Å². The lowest BCUT2D eigenvalue weighted by atomic mass is 9.81. The lowest BCUT2D eigenvalue weighted by molar-refractivity contribution is -0.339. The number of hydrogen-bond acceptors (Lipinski definition) is 24. The third kappa shape index (κ3) is 11.9. The summed E-state index contributed by atoms with van der Waals surface area (Å²) in [4.78, 5) is 53.4. The molecule has 4 heterocycles. The molecule has 19 atom stereocenters. The number of allylic oxidation sites excluding steroid dienone is 1. The van der Waals surface area contributed by atoms with Crippen molar-refractivity contribution in [2.45, 2.75) is 113 Å². The average molecular weight is 977 g/mol. The molecule has 24 heteroatoms. The van der Waals surface area contributed by atoms with Crippen LogP contribution in [0, 0.1) is 41.4 Å². The van der Waals surface area contributed by atoms with Crippen molar-refractivity contribution >= 4 is 23.9 Å². The SMILES string of the molecule is C=C[C@@H]1[C@@H](O[C@H]2O[C@@H](CO)[C@H](O)[C@@H](O)[C@@H]2O)OC=C(C(=O)OC)[C@H]1CC(=O)OC[C@@H]1[C@@H](C)[C@H](OC(=O)C[C@@H]2C(C(=O)OC)=CO[C@H](O[C@@H]3O[C@H](CO)[C@@H](O)[C@H](O)[C@H]3O)/C2=C/C)C[C@H]1C(CO)CO. The van der Waals surface area contributed by atoms with Gasteiger partial charge in [-0.1, -0.05) is 19.1 Å². The van der Waals surface area contributed by atoms with E-state index in [-0.39, 0.29) is 29.7 Å². The number of hydrogen-bond donors (Lipinski definition) is 10. The fourth-order valence-electron chi connectivity index (χ4n) is 9.35. The minimum Gasteiger partial charge on any atom is -0.471 e.